The number of carboxylic acids is 1. The Morgan fingerprint density at radius 1 is 1.08 bits per heavy atom. The molecule has 0 aliphatic carbocycles. The van der Waals surface area contributed by atoms with E-state index in [9.17, 15) is 18.7 Å². The summed E-state index contributed by atoms with van der Waals surface area (Å²) in [4.78, 5) is 23.0. The topological polar surface area (TPSA) is 80.5 Å². The molecule has 1 saturated heterocycles. The Hall–Kier alpha value is -3.85. The molecule has 2 aromatic heterocycles. The minimum atomic E-state index is -0.953. The molecule has 1 fully saturated rings. The maximum Gasteiger partial charge on any atom is 0.335 e. The number of pyridine rings is 1. The van der Waals surface area contributed by atoms with Crippen LogP contribution in [0.1, 0.15) is 46.2 Å². The predicted molar refractivity (Wildman–Crippen MR) is 130 cm³/mol. The molecule has 36 heavy (non-hydrogen) atoms. The van der Waals surface area contributed by atoms with Gasteiger partial charge in [0, 0.05) is 30.3 Å². The highest BCUT2D eigenvalue weighted by molar-refractivity contribution is 5.92. The van der Waals surface area contributed by atoms with Crippen LogP contribution in [0.25, 0.3) is 11.0 Å². The Balaban J connectivity index is 1.20. The van der Waals surface area contributed by atoms with Crippen molar-refractivity contribution in [3.8, 4) is 5.88 Å². The smallest absolute Gasteiger partial charge is 0.335 e. The number of aromatic carboxylic acids is 1. The van der Waals surface area contributed by atoms with Crippen molar-refractivity contribution in [3.63, 3.8) is 0 Å². The average Bonchev–Trinajstić information content (AvgIpc) is 3.19. The van der Waals surface area contributed by atoms with E-state index in [1.807, 2.05) is 23.7 Å². The summed E-state index contributed by atoms with van der Waals surface area (Å²) in [6.45, 7) is 2.32. The van der Waals surface area contributed by atoms with Crippen molar-refractivity contribution in [2.45, 2.75) is 31.9 Å². The number of nitrogens with zero attached hydrogens (tertiary/aromatic N) is 4. The second-order valence-corrected chi connectivity index (χ2v) is 9.07. The fourth-order valence-electron chi connectivity index (χ4n) is 4.65. The summed E-state index contributed by atoms with van der Waals surface area (Å²) in [5, 5.41) is 9.26. The molecule has 0 spiro atoms. The Bertz CT molecular complexity index is 1410. The van der Waals surface area contributed by atoms with Crippen LogP contribution in [0, 0.1) is 11.6 Å². The molecule has 3 heterocycles. The minimum Gasteiger partial charge on any atom is -0.478 e. The van der Waals surface area contributed by atoms with Gasteiger partial charge in [0.05, 0.1) is 23.1 Å². The first-order chi connectivity index (χ1) is 17.4. The standard InChI is InChI=1S/C27H26F2N4O3/c1-32-24-14-18(27(34)35)5-8-23(24)30-25(32)15-33-11-9-17(10-12-33)22-3-2-4-26(31-22)36-16-19-13-20(28)6-7-21(19)29/h2-8,13-14,17H,9-12,15-16H2,1H3,(H,34,35). The fraction of sp³-hybridized carbons (Fsp3) is 0.296. The van der Waals surface area contributed by atoms with Gasteiger partial charge < -0.3 is 14.4 Å². The number of hydrogen-bond donors (Lipinski definition) is 1. The Kier molecular flexibility index (Phi) is 6.65. The predicted octanol–water partition coefficient (Wildman–Crippen LogP) is 4.90. The summed E-state index contributed by atoms with van der Waals surface area (Å²) >= 11 is 0. The van der Waals surface area contributed by atoms with Crippen molar-refractivity contribution >= 4 is 17.0 Å². The van der Waals surface area contributed by atoms with E-state index in [1.54, 1.807) is 24.3 Å². The van der Waals surface area contributed by atoms with Gasteiger partial charge in [-0.25, -0.2) is 23.5 Å². The van der Waals surface area contributed by atoms with Crippen LogP contribution in [0.15, 0.2) is 54.6 Å². The van der Waals surface area contributed by atoms with Crippen molar-refractivity contribution in [2.75, 3.05) is 13.1 Å². The molecule has 0 unspecified atom stereocenters. The summed E-state index contributed by atoms with van der Waals surface area (Å²) in [5.41, 5.74) is 2.91. The lowest BCUT2D eigenvalue weighted by Crippen LogP contribution is -2.33. The van der Waals surface area contributed by atoms with Crippen LogP contribution in [0.2, 0.25) is 0 Å². The largest absolute Gasteiger partial charge is 0.478 e. The lowest BCUT2D eigenvalue weighted by molar-refractivity contribution is 0.0697. The summed E-state index contributed by atoms with van der Waals surface area (Å²) in [6.07, 6.45) is 1.84. The number of carbonyl (C=O) groups is 1. The van der Waals surface area contributed by atoms with Crippen LogP contribution in [0.4, 0.5) is 8.78 Å². The van der Waals surface area contributed by atoms with E-state index in [-0.39, 0.29) is 23.7 Å². The van der Waals surface area contributed by atoms with Crippen molar-refractivity contribution < 1.29 is 23.4 Å². The average molecular weight is 493 g/mol. The van der Waals surface area contributed by atoms with E-state index in [4.69, 9.17) is 9.72 Å². The lowest BCUT2D eigenvalue weighted by atomic mass is 9.93. The summed E-state index contributed by atoms with van der Waals surface area (Å²) in [6, 6.07) is 13.8. The first-order valence-electron chi connectivity index (χ1n) is 11.8. The lowest BCUT2D eigenvalue weighted by Gasteiger charge is -2.31. The number of fused-ring (bicyclic) bond motifs is 1. The molecule has 0 bridgehead atoms. The fourth-order valence-corrected chi connectivity index (χ4v) is 4.65. The van der Waals surface area contributed by atoms with Gasteiger partial charge in [-0.1, -0.05) is 6.07 Å². The number of ether oxygens (including phenoxy) is 1. The second kappa shape index (κ2) is 10.0. The number of carboxylic acid groups (broad SMARTS) is 1. The molecule has 1 aliphatic heterocycles. The van der Waals surface area contributed by atoms with Crippen molar-refractivity contribution in [1.82, 2.24) is 19.4 Å². The molecule has 0 atom stereocenters. The van der Waals surface area contributed by atoms with Crippen molar-refractivity contribution in [1.29, 1.82) is 0 Å². The normalized spacial score (nSPS) is 14.9. The van der Waals surface area contributed by atoms with Gasteiger partial charge in [0.25, 0.3) is 0 Å². The highest BCUT2D eigenvalue weighted by Crippen LogP contribution is 2.29. The van der Waals surface area contributed by atoms with Crippen LogP contribution >= 0.6 is 0 Å². The molecule has 186 valence electrons. The number of hydrogen-bond acceptors (Lipinski definition) is 5. The maximum absolute atomic E-state index is 13.9. The number of piperidine rings is 1. The zero-order chi connectivity index (χ0) is 25.2. The molecule has 1 aliphatic rings. The van der Waals surface area contributed by atoms with Gasteiger partial charge in [0.1, 0.15) is 24.1 Å². The van der Waals surface area contributed by atoms with E-state index in [0.717, 1.165) is 66.7 Å². The van der Waals surface area contributed by atoms with Gasteiger partial charge in [-0.2, -0.15) is 0 Å². The van der Waals surface area contributed by atoms with Crippen LogP contribution in [-0.2, 0) is 20.2 Å². The highest BCUT2D eigenvalue weighted by Gasteiger charge is 2.23. The number of likely N-dealkylation sites (tertiary alicyclic amines) is 1. The van der Waals surface area contributed by atoms with Crippen LogP contribution in [-0.4, -0.2) is 43.6 Å². The Morgan fingerprint density at radius 2 is 1.89 bits per heavy atom. The van der Waals surface area contributed by atoms with Gasteiger partial charge in [0.2, 0.25) is 5.88 Å². The zero-order valence-corrected chi connectivity index (χ0v) is 19.8. The molecule has 5 rings (SSSR count). The van der Waals surface area contributed by atoms with Gasteiger partial charge in [-0.05, 0) is 68.4 Å². The number of imidazole rings is 1. The molecule has 2 aromatic carbocycles. The first kappa shape index (κ1) is 23.9. The third-order valence-electron chi connectivity index (χ3n) is 6.72. The van der Waals surface area contributed by atoms with Gasteiger partial charge >= 0.3 is 5.97 Å². The number of rotatable bonds is 7. The summed E-state index contributed by atoms with van der Waals surface area (Å²) < 4.78 is 34.9. The second-order valence-electron chi connectivity index (χ2n) is 9.07. The third-order valence-corrected chi connectivity index (χ3v) is 6.72. The van der Waals surface area contributed by atoms with E-state index in [2.05, 4.69) is 9.88 Å². The SMILES string of the molecule is Cn1c(CN2CCC(c3cccc(OCc4cc(F)ccc4F)n3)CC2)nc2ccc(C(=O)O)cc21. The van der Waals surface area contributed by atoms with E-state index in [0.29, 0.717) is 12.4 Å². The number of benzene rings is 2. The molecule has 1 N–H and O–H groups in total. The van der Waals surface area contributed by atoms with Crippen LogP contribution in [0.5, 0.6) is 5.88 Å². The van der Waals surface area contributed by atoms with Crippen LogP contribution < -0.4 is 4.74 Å². The maximum atomic E-state index is 13.9. The highest BCUT2D eigenvalue weighted by atomic mass is 19.1. The Labute approximate surface area is 207 Å². The quantitative estimate of drug-likeness (QED) is 0.395. The minimum absolute atomic E-state index is 0.0928. The number of aromatic nitrogens is 3. The van der Waals surface area contributed by atoms with E-state index < -0.39 is 17.6 Å². The molecule has 0 saturated carbocycles. The first-order valence-corrected chi connectivity index (χ1v) is 11.8. The van der Waals surface area contributed by atoms with Crippen molar-refractivity contribution in [3.05, 3.63) is 88.9 Å². The molecule has 7 nitrogen and oxygen atoms in total. The van der Waals surface area contributed by atoms with Crippen LogP contribution in [0.3, 0.4) is 0 Å². The molecule has 0 amide bonds. The number of aryl methyl sites for hydroxylation is 1. The molecule has 0 radical (unpaired) electrons. The van der Waals surface area contributed by atoms with Gasteiger partial charge in [0.15, 0.2) is 0 Å². The summed E-state index contributed by atoms with van der Waals surface area (Å²) in [7, 11) is 1.91. The summed E-state index contributed by atoms with van der Waals surface area (Å²) in [5.74, 6) is -0.418. The third kappa shape index (κ3) is 5.06. The molecular weight excluding hydrogens is 466 g/mol. The van der Waals surface area contributed by atoms with E-state index >= 15 is 0 Å². The Morgan fingerprint density at radius 3 is 2.67 bits per heavy atom. The zero-order valence-electron chi connectivity index (χ0n) is 19.8. The van der Waals surface area contributed by atoms with E-state index in [1.165, 1.54) is 0 Å². The molecule has 9 heteroatoms. The van der Waals surface area contributed by atoms with Crippen molar-refractivity contribution in [2.24, 2.45) is 7.05 Å². The van der Waals surface area contributed by atoms with Gasteiger partial charge in [-0.15, -0.1) is 0 Å². The monoisotopic (exact) mass is 492 g/mol. The number of halogens is 2. The van der Waals surface area contributed by atoms with Gasteiger partial charge in [-0.3, -0.25) is 4.90 Å². The molecule has 4 aromatic rings. The molecular formula is C27H26F2N4O3.